The van der Waals surface area contributed by atoms with Crippen LogP contribution in [0, 0.1) is 0 Å². The summed E-state index contributed by atoms with van der Waals surface area (Å²) in [4.78, 5) is 10.6. The Hall–Kier alpha value is 0.340. The smallest absolute Gasteiger partial charge is 0.241 e. The molecule has 1 fully saturated rings. The van der Waals surface area contributed by atoms with Gasteiger partial charge in [0.2, 0.25) is 5.91 Å². The average molecular weight is 165 g/mol. The van der Waals surface area contributed by atoms with Gasteiger partial charge in [-0.3, -0.25) is 9.46 Å². The Bertz CT molecular complexity index is 132. The zero-order valence-electron chi connectivity index (χ0n) is 3.96. The molecular formula is C3H4NOPS2. The lowest BCUT2D eigenvalue weighted by atomic mass is 10.7. The molecule has 1 atom stereocenters. The Morgan fingerprint density at radius 3 is 2.62 bits per heavy atom. The van der Waals surface area contributed by atoms with Crippen LogP contribution >= 0.6 is 33.4 Å². The summed E-state index contributed by atoms with van der Waals surface area (Å²) >= 11 is 6.17. The third kappa shape index (κ3) is 1.02. The van der Waals surface area contributed by atoms with E-state index in [-0.39, 0.29) is 5.91 Å². The average Bonchev–Trinajstić information content (AvgIpc) is 1.98. The van der Waals surface area contributed by atoms with E-state index in [9.17, 15) is 4.79 Å². The highest BCUT2D eigenvalue weighted by Crippen LogP contribution is 2.21. The molecule has 0 N–H and O–H groups in total. The van der Waals surface area contributed by atoms with Crippen LogP contribution in [0.3, 0.4) is 0 Å². The van der Waals surface area contributed by atoms with Crippen LogP contribution in [0.15, 0.2) is 0 Å². The van der Waals surface area contributed by atoms with E-state index in [4.69, 9.17) is 12.2 Å². The van der Waals surface area contributed by atoms with E-state index in [1.165, 1.54) is 16.4 Å². The van der Waals surface area contributed by atoms with Crippen molar-refractivity contribution in [3.63, 3.8) is 0 Å². The molecule has 1 amide bonds. The van der Waals surface area contributed by atoms with Crippen molar-refractivity contribution in [1.29, 1.82) is 0 Å². The van der Waals surface area contributed by atoms with E-state index in [0.29, 0.717) is 10.1 Å². The third-order valence-electron chi connectivity index (χ3n) is 0.785. The molecule has 1 saturated heterocycles. The van der Waals surface area contributed by atoms with Crippen LogP contribution in [0.5, 0.6) is 0 Å². The number of carbonyl (C=O) groups excluding carboxylic acids is 1. The summed E-state index contributed by atoms with van der Waals surface area (Å²) in [5.41, 5.74) is 0. The Labute approximate surface area is 59.3 Å². The predicted molar refractivity (Wildman–Crippen MR) is 41.6 cm³/mol. The molecule has 1 unspecified atom stereocenters. The molecule has 0 spiro atoms. The molecule has 1 aliphatic heterocycles. The monoisotopic (exact) mass is 165 g/mol. The lowest BCUT2D eigenvalue weighted by Crippen LogP contribution is -2.15. The molecule has 1 heterocycles. The van der Waals surface area contributed by atoms with Gasteiger partial charge in [-0.15, -0.1) is 0 Å². The number of hydrogen-bond donors (Lipinski definition) is 0. The molecule has 8 heavy (non-hydrogen) atoms. The topological polar surface area (TPSA) is 20.3 Å². The Balaban J connectivity index is 2.70. The van der Waals surface area contributed by atoms with E-state index in [0.717, 1.165) is 0 Å². The molecule has 0 saturated carbocycles. The first-order chi connectivity index (χ1) is 3.72. The molecule has 0 aromatic rings. The Morgan fingerprint density at radius 2 is 2.50 bits per heavy atom. The van der Waals surface area contributed by atoms with Gasteiger partial charge in [-0.25, -0.2) is 0 Å². The molecule has 0 aromatic heterocycles. The minimum Gasteiger partial charge on any atom is -0.281 e. The maximum Gasteiger partial charge on any atom is 0.241 e. The van der Waals surface area contributed by atoms with Gasteiger partial charge in [0.1, 0.15) is 4.32 Å². The summed E-state index contributed by atoms with van der Waals surface area (Å²) in [7, 11) is 2.27. The molecule has 0 bridgehead atoms. The van der Waals surface area contributed by atoms with Crippen molar-refractivity contribution in [1.82, 2.24) is 4.67 Å². The molecule has 0 aliphatic carbocycles. The van der Waals surface area contributed by atoms with Gasteiger partial charge >= 0.3 is 0 Å². The van der Waals surface area contributed by atoms with Crippen molar-refractivity contribution >= 4 is 43.6 Å². The second kappa shape index (κ2) is 2.29. The van der Waals surface area contributed by atoms with Gasteiger partial charge in [-0.2, -0.15) is 0 Å². The van der Waals surface area contributed by atoms with E-state index >= 15 is 0 Å². The summed E-state index contributed by atoms with van der Waals surface area (Å²) in [6.45, 7) is 0. The molecule has 1 rings (SSSR count). The summed E-state index contributed by atoms with van der Waals surface area (Å²) in [6, 6.07) is 0. The normalized spacial score (nSPS) is 20.4. The van der Waals surface area contributed by atoms with Gasteiger partial charge in [0.25, 0.3) is 0 Å². The van der Waals surface area contributed by atoms with Gasteiger partial charge in [0, 0.05) is 0 Å². The van der Waals surface area contributed by atoms with Crippen molar-refractivity contribution in [2.24, 2.45) is 0 Å². The molecule has 0 radical (unpaired) electrons. The summed E-state index contributed by atoms with van der Waals surface area (Å²) < 4.78 is 2.07. The molecule has 0 aromatic carbocycles. The lowest BCUT2D eigenvalue weighted by molar-refractivity contribution is -0.120. The van der Waals surface area contributed by atoms with Gasteiger partial charge in [0.05, 0.1) is 5.75 Å². The van der Waals surface area contributed by atoms with Crippen LogP contribution < -0.4 is 0 Å². The fraction of sp³-hybridized carbons (Fsp3) is 0.333. The highest BCUT2D eigenvalue weighted by molar-refractivity contribution is 8.24. The first-order valence-electron chi connectivity index (χ1n) is 1.96. The number of carbonyl (C=O) groups is 1. The highest BCUT2D eigenvalue weighted by atomic mass is 32.2. The number of amides is 1. The fourth-order valence-corrected chi connectivity index (χ4v) is 1.72. The van der Waals surface area contributed by atoms with Crippen molar-refractivity contribution in [3.8, 4) is 0 Å². The maximum atomic E-state index is 10.6. The zero-order valence-corrected chi connectivity index (χ0v) is 6.74. The largest absolute Gasteiger partial charge is 0.281 e. The zero-order chi connectivity index (χ0) is 6.15. The van der Waals surface area contributed by atoms with E-state index < -0.39 is 0 Å². The van der Waals surface area contributed by atoms with Crippen LogP contribution in [0.1, 0.15) is 0 Å². The minimum absolute atomic E-state index is 0.0741. The van der Waals surface area contributed by atoms with Crippen LogP contribution in [-0.4, -0.2) is 20.7 Å². The van der Waals surface area contributed by atoms with Gasteiger partial charge in [0.15, 0.2) is 0 Å². The van der Waals surface area contributed by atoms with Crippen LogP contribution in [0.25, 0.3) is 0 Å². The third-order valence-corrected chi connectivity index (χ3v) is 3.09. The molecule has 2 nitrogen and oxygen atoms in total. The van der Waals surface area contributed by atoms with Gasteiger partial charge < -0.3 is 0 Å². The van der Waals surface area contributed by atoms with Gasteiger partial charge in [-0.1, -0.05) is 24.0 Å². The van der Waals surface area contributed by atoms with Gasteiger partial charge in [-0.05, 0) is 9.39 Å². The number of rotatable bonds is 0. The number of hydrogen-bond acceptors (Lipinski definition) is 3. The highest BCUT2D eigenvalue weighted by Gasteiger charge is 2.21. The first-order valence-corrected chi connectivity index (χ1v) is 3.87. The van der Waals surface area contributed by atoms with Crippen molar-refractivity contribution in [2.75, 3.05) is 5.75 Å². The first kappa shape index (κ1) is 6.46. The molecular weight excluding hydrogens is 161 g/mol. The van der Waals surface area contributed by atoms with Crippen molar-refractivity contribution in [2.45, 2.75) is 0 Å². The fourth-order valence-electron chi connectivity index (χ4n) is 0.364. The maximum absolute atomic E-state index is 10.6. The van der Waals surface area contributed by atoms with Crippen LogP contribution in [-0.2, 0) is 4.79 Å². The van der Waals surface area contributed by atoms with Crippen LogP contribution in [0.4, 0.5) is 0 Å². The molecule has 1 aliphatic rings. The second-order valence-corrected chi connectivity index (χ2v) is 3.44. The van der Waals surface area contributed by atoms with E-state index in [2.05, 4.69) is 9.39 Å². The number of thioether (sulfide) groups is 1. The Morgan fingerprint density at radius 1 is 1.88 bits per heavy atom. The Kier molecular flexibility index (Phi) is 1.85. The van der Waals surface area contributed by atoms with E-state index in [1.807, 2.05) is 0 Å². The second-order valence-electron chi connectivity index (χ2n) is 1.32. The summed E-state index contributed by atoms with van der Waals surface area (Å²) in [6.07, 6.45) is 0. The lowest BCUT2D eigenvalue weighted by Gasteiger charge is -2.02. The summed E-state index contributed by atoms with van der Waals surface area (Å²) in [5.74, 6) is 0.576. The minimum atomic E-state index is 0.0741. The van der Waals surface area contributed by atoms with Crippen molar-refractivity contribution < 1.29 is 4.79 Å². The SMILES string of the molecule is O=C1CSC(=S)N1P. The molecule has 5 heteroatoms. The van der Waals surface area contributed by atoms with Crippen LogP contribution in [0.2, 0.25) is 0 Å². The standard InChI is InChI=1S/C3H4NOPS2/c5-2-1-8-3(7)4(2)6/h1,6H2. The number of thiocarbonyl (C=S) groups is 1. The number of nitrogens with zero attached hydrogens (tertiary/aromatic N) is 1. The van der Waals surface area contributed by atoms with Crippen molar-refractivity contribution in [3.05, 3.63) is 0 Å². The summed E-state index contributed by atoms with van der Waals surface area (Å²) in [5, 5.41) is 0. The molecule has 44 valence electrons. The predicted octanol–water partition coefficient (Wildman–Crippen LogP) is 0.637. The van der Waals surface area contributed by atoms with E-state index in [1.54, 1.807) is 0 Å². The quantitative estimate of drug-likeness (QED) is 0.388.